The quantitative estimate of drug-likeness (QED) is 0.642. The first-order valence-corrected chi connectivity index (χ1v) is 7.81. The van der Waals surface area contributed by atoms with E-state index in [0.29, 0.717) is 13.2 Å². The molecule has 1 fully saturated rings. The molecule has 0 bridgehead atoms. The molecule has 1 saturated heterocycles. The number of ether oxygens (including phenoxy) is 2. The number of halogens is 3. The molecular formula is C14H14Cl3NO4. The lowest BCUT2D eigenvalue weighted by molar-refractivity contribution is -0.124. The molecule has 22 heavy (non-hydrogen) atoms. The molecule has 1 aromatic carbocycles. The zero-order chi connectivity index (χ0) is 16.1. The van der Waals surface area contributed by atoms with Gasteiger partial charge < -0.3 is 14.8 Å². The van der Waals surface area contributed by atoms with Crippen molar-refractivity contribution < 1.29 is 19.1 Å². The fraction of sp³-hybridized carbons (Fsp3) is 0.429. The number of carbonyl (C=O) groups is 2. The van der Waals surface area contributed by atoms with E-state index in [1.807, 2.05) is 0 Å². The van der Waals surface area contributed by atoms with Gasteiger partial charge in [-0.05, 0) is 25.0 Å². The van der Waals surface area contributed by atoms with Crippen LogP contribution in [0.5, 0.6) is 0 Å². The summed E-state index contributed by atoms with van der Waals surface area (Å²) in [7, 11) is 0. The smallest absolute Gasteiger partial charge is 0.341 e. The van der Waals surface area contributed by atoms with Crippen molar-refractivity contribution in [3.05, 3.63) is 32.8 Å². The number of rotatable bonds is 5. The van der Waals surface area contributed by atoms with Gasteiger partial charge in [-0.25, -0.2) is 4.79 Å². The Morgan fingerprint density at radius 3 is 2.68 bits per heavy atom. The summed E-state index contributed by atoms with van der Waals surface area (Å²) in [5, 5.41) is 2.93. The zero-order valence-corrected chi connectivity index (χ0v) is 13.8. The number of carbonyl (C=O) groups excluding carboxylic acids is 2. The van der Waals surface area contributed by atoms with E-state index >= 15 is 0 Å². The van der Waals surface area contributed by atoms with Crippen LogP contribution in [0.15, 0.2) is 12.1 Å². The maximum atomic E-state index is 11.9. The number of nitrogens with one attached hydrogen (secondary N) is 1. The van der Waals surface area contributed by atoms with Gasteiger partial charge in [-0.15, -0.1) is 0 Å². The van der Waals surface area contributed by atoms with E-state index in [4.69, 9.17) is 44.3 Å². The molecule has 0 spiro atoms. The van der Waals surface area contributed by atoms with Crippen molar-refractivity contribution in [2.75, 3.05) is 19.8 Å². The van der Waals surface area contributed by atoms with E-state index in [0.717, 1.165) is 12.8 Å². The minimum absolute atomic E-state index is 0.000990. The van der Waals surface area contributed by atoms with Gasteiger partial charge in [-0.3, -0.25) is 4.79 Å². The standard InChI is InChI=1S/C14H14Cl3NO4/c15-9-3-4-10(16)13(17)12(9)14(20)22-7-11(19)18-6-8-2-1-5-21-8/h3-4,8H,1-2,5-7H2,(H,18,19). The predicted molar refractivity (Wildman–Crippen MR) is 83.7 cm³/mol. The lowest BCUT2D eigenvalue weighted by atomic mass is 10.2. The van der Waals surface area contributed by atoms with E-state index in [-0.39, 0.29) is 26.7 Å². The van der Waals surface area contributed by atoms with Gasteiger partial charge >= 0.3 is 5.97 Å². The summed E-state index contributed by atoms with van der Waals surface area (Å²) in [6.45, 7) is 0.682. The summed E-state index contributed by atoms with van der Waals surface area (Å²) < 4.78 is 10.3. The first-order valence-electron chi connectivity index (χ1n) is 6.68. The first-order chi connectivity index (χ1) is 10.5. The van der Waals surface area contributed by atoms with Crippen LogP contribution in [0, 0.1) is 0 Å². The van der Waals surface area contributed by atoms with Crippen LogP contribution in [0.3, 0.4) is 0 Å². The lowest BCUT2D eigenvalue weighted by Gasteiger charge is -2.11. The van der Waals surface area contributed by atoms with Crippen molar-refractivity contribution in [3.8, 4) is 0 Å². The average Bonchev–Trinajstić information content (AvgIpc) is 3.00. The number of esters is 1. The fourth-order valence-electron chi connectivity index (χ4n) is 2.00. The third-order valence-electron chi connectivity index (χ3n) is 3.13. The molecule has 8 heteroatoms. The molecule has 1 unspecified atom stereocenters. The van der Waals surface area contributed by atoms with Crippen molar-refractivity contribution in [2.45, 2.75) is 18.9 Å². The molecule has 0 aromatic heterocycles. The summed E-state index contributed by atoms with van der Waals surface area (Å²) in [6.07, 6.45) is 1.92. The Bertz CT molecular complexity index is 573. The highest BCUT2D eigenvalue weighted by atomic mass is 35.5. The maximum Gasteiger partial charge on any atom is 0.341 e. The Kier molecular flexibility index (Phi) is 6.32. The largest absolute Gasteiger partial charge is 0.452 e. The van der Waals surface area contributed by atoms with E-state index in [1.165, 1.54) is 12.1 Å². The SMILES string of the molecule is O=C(COC(=O)c1c(Cl)ccc(Cl)c1Cl)NCC1CCCO1. The molecule has 2 rings (SSSR count). The molecule has 0 saturated carbocycles. The fourth-order valence-corrected chi connectivity index (χ4v) is 2.68. The van der Waals surface area contributed by atoms with Crippen molar-refractivity contribution in [1.82, 2.24) is 5.32 Å². The van der Waals surface area contributed by atoms with E-state index in [9.17, 15) is 9.59 Å². The molecular weight excluding hydrogens is 353 g/mol. The van der Waals surface area contributed by atoms with E-state index in [2.05, 4.69) is 5.32 Å². The van der Waals surface area contributed by atoms with Gasteiger partial charge in [-0.2, -0.15) is 0 Å². The molecule has 0 aliphatic carbocycles. The van der Waals surface area contributed by atoms with Crippen molar-refractivity contribution in [2.24, 2.45) is 0 Å². The number of hydrogen-bond donors (Lipinski definition) is 1. The molecule has 1 aliphatic heterocycles. The molecule has 1 heterocycles. The molecule has 1 N–H and O–H groups in total. The van der Waals surface area contributed by atoms with Crippen molar-refractivity contribution in [1.29, 1.82) is 0 Å². The van der Waals surface area contributed by atoms with E-state index in [1.54, 1.807) is 0 Å². The summed E-state index contributed by atoms with van der Waals surface area (Å²) in [5.41, 5.74) is -0.0530. The van der Waals surface area contributed by atoms with Gasteiger partial charge in [-0.1, -0.05) is 34.8 Å². The Morgan fingerprint density at radius 1 is 1.27 bits per heavy atom. The van der Waals surface area contributed by atoms with Crippen LogP contribution in [0.1, 0.15) is 23.2 Å². The topological polar surface area (TPSA) is 64.6 Å². The molecule has 120 valence electrons. The lowest BCUT2D eigenvalue weighted by Crippen LogP contribution is -2.34. The number of hydrogen-bond acceptors (Lipinski definition) is 4. The second kappa shape index (κ2) is 8.02. The second-order valence-electron chi connectivity index (χ2n) is 4.73. The van der Waals surface area contributed by atoms with E-state index < -0.39 is 18.5 Å². The van der Waals surface area contributed by atoms with Crippen LogP contribution in [-0.2, 0) is 14.3 Å². The molecule has 5 nitrogen and oxygen atoms in total. The van der Waals surface area contributed by atoms with Gasteiger partial charge in [0.05, 0.1) is 26.7 Å². The molecule has 1 aliphatic rings. The van der Waals surface area contributed by atoms with Gasteiger partial charge in [0, 0.05) is 13.2 Å². The Labute approximate surface area is 142 Å². The van der Waals surface area contributed by atoms with Crippen molar-refractivity contribution >= 4 is 46.7 Å². The Balaban J connectivity index is 1.84. The van der Waals surface area contributed by atoms with Crippen LogP contribution in [-0.4, -0.2) is 37.7 Å². The highest BCUT2D eigenvalue weighted by Gasteiger charge is 2.20. The summed E-state index contributed by atoms with van der Waals surface area (Å²) in [4.78, 5) is 23.6. The number of amides is 1. The zero-order valence-electron chi connectivity index (χ0n) is 11.5. The Hall–Kier alpha value is -1.01. The molecule has 1 amide bonds. The highest BCUT2D eigenvalue weighted by Crippen LogP contribution is 2.31. The average molecular weight is 367 g/mol. The summed E-state index contributed by atoms with van der Waals surface area (Å²) >= 11 is 17.6. The van der Waals surface area contributed by atoms with Crippen molar-refractivity contribution in [3.63, 3.8) is 0 Å². The third-order valence-corrected chi connectivity index (χ3v) is 4.25. The van der Waals surface area contributed by atoms with Gasteiger partial charge in [0.15, 0.2) is 6.61 Å². The second-order valence-corrected chi connectivity index (χ2v) is 5.93. The number of benzene rings is 1. The third kappa shape index (κ3) is 4.49. The molecule has 1 atom stereocenters. The minimum Gasteiger partial charge on any atom is -0.452 e. The normalized spacial score (nSPS) is 17.3. The first kappa shape index (κ1) is 17.3. The predicted octanol–water partition coefficient (Wildman–Crippen LogP) is 3.10. The van der Waals surface area contributed by atoms with Crippen LogP contribution in [0.25, 0.3) is 0 Å². The minimum atomic E-state index is -0.801. The molecule has 1 aromatic rings. The van der Waals surface area contributed by atoms with Crippen LogP contribution >= 0.6 is 34.8 Å². The van der Waals surface area contributed by atoms with Gasteiger partial charge in [0.1, 0.15) is 0 Å². The highest BCUT2D eigenvalue weighted by molar-refractivity contribution is 6.46. The van der Waals surface area contributed by atoms with Crippen LogP contribution in [0.4, 0.5) is 0 Å². The van der Waals surface area contributed by atoms with Gasteiger partial charge in [0.2, 0.25) is 0 Å². The maximum absolute atomic E-state index is 11.9. The summed E-state index contributed by atoms with van der Waals surface area (Å²) in [5.74, 6) is -1.22. The summed E-state index contributed by atoms with van der Waals surface area (Å²) in [6, 6.07) is 2.90. The molecule has 0 radical (unpaired) electrons. The van der Waals surface area contributed by atoms with Crippen LogP contribution < -0.4 is 5.32 Å². The van der Waals surface area contributed by atoms with Gasteiger partial charge in [0.25, 0.3) is 5.91 Å². The Morgan fingerprint density at radius 2 is 2.00 bits per heavy atom. The van der Waals surface area contributed by atoms with Crippen LogP contribution in [0.2, 0.25) is 15.1 Å². The monoisotopic (exact) mass is 365 g/mol.